The molecule has 0 radical (unpaired) electrons. The molecule has 1 saturated carbocycles. The summed E-state index contributed by atoms with van der Waals surface area (Å²) in [7, 11) is 0. The fourth-order valence-corrected chi connectivity index (χ4v) is 2.86. The third kappa shape index (κ3) is 3.52. The standard InChI is InChI=1S/C17H22N2O4/c1-9(2)18-14(20)10-5-7-11(8-6-10)19-15(21)12-13(16(22)23)17(12,3)4/h5-9,12-13H,1-4H3,(H,18,20)(H,19,21)(H,22,23)/t12-,13+/m0/s1. The zero-order valence-electron chi connectivity index (χ0n) is 13.7. The van der Waals surface area contributed by atoms with Gasteiger partial charge in [0, 0.05) is 17.3 Å². The van der Waals surface area contributed by atoms with Crippen LogP contribution in [0.4, 0.5) is 5.69 Å². The molecule has 1 fully saturated rings. The van der Waals surface area contributed by atoms with Crippen molar-refractivity contribution in [3.63, 3.8) is 0 Å². The molecule has 1 aliphatic rings. The molecule has 124 valence electrons. The van der Waals surface area contributed by atoms with Crippen LogP contribution in [0.5, 0.6) is 0 Å². The van der Waals surface area contributed by atoms with Gasteiger partial charge in [-0.1, -0.05) is 13.8 Å². The summed E-state index contributed by atoms with van der Waals surface area (Å²) < 4.78 is 0. The van der Waals surface area contributed by atoms with Gasteiger partial charge in [0.2, 0.25) is 5.91 Å². The number of benzene rings is 1. The van der Waals surface area contributed by atoms with Crippen LogP contribution in [0.2, 0.25) is 0 Å². The zero-order valence-corrected chi connectivity index (χ0v) is 13.7. The number of rotatable bonds is 5. The number of carbonyl (C=O) groups excluding carboxylic acids is 2. The van der Waals surface area contributed by atoms with E-state index < -0.39 is 23.2 Å². The second-order valence-electron chi connectivity index (χ2n) is 6.81. The molecule has 2 rings (SSSR count). The van der Waals surface area contributed by atoms with Gasteiger partial charge in [0.05, 0.1) is 11.8 Å². The van der Waals surface area contributed by atoms with Crippen molar-refractivity contribution in [2.45, 2.75) is 33.7 Å². The normalized spacial score (nSPS) is 21.6. The lowest BCUT2D eigenvalue weighted by molar-refractivity contribution is -0.140. The summed E-state index contributed by atoms with van der Waals surface area (Å²) in [5.74, 6) is -2.62. The highest BCUT2D eigenvalue weighted by Crippen LogP contribution is 2.58. The van der Waals surface area contributed by atoms with Crippen molar-refractivity contribution in [3.8, 4) is 0 Å². The Bertz CT molecular complexity index is 634. The molecular formula is C17H22N2O4. The van der Waals surface area contributed by atoms with Crippen LogP contribution in [0.25, 0.3) is 0 Å². The van der Waals surface area contributed by atoms with Gasteiger partial charge in [-0.2, -0.15) is 0 Å². The quantitative estimate of drug-likeness (QED) is 0.775. The predicted octanol–water partition coefficient (Wildman–Crippen LogP) is 2.12. The molecule has 2 atom stereocenters. The van der Waals surface area contributed by atoms with E-state index in [0.29, 0.717) is 11.3 Å². The smallest absolute Gasteiger partial charge is 0.307 e. The molecule has 3 N–H and O–H groups in total. The fourth-order valence-electron chi connectivity index (χ4n) is 2.86. The van der Waals surface area contributed by atoms with E-state index in [2.05, 4.69) is 10.6 Å². The summed E-state index contributed by atoms with van der Waals surface area (Å²) in [6, 6.07) is 6.57. The lowest BCUT2D eigenvalue weighted by Crippen LogP contribution is -2.30. The van der Waals surface area contributed by atoms with Crippen LogP contribution < -0.4 is 10.6 Å². The molecule has 1 aliphatic carbocycles. The van der Waals surface area contributed by atoms with Gasteiger partial charge >= 0.3 is 5.97 Å². The largest absolute Gasteiger partial charge is 0.481 e. The van der Waals surface area contributed by atoms with Crippen molar-refractivity contribution in [2.24, 2.45) is 17.3 Å². The van der Waals surface area contributed by atoms with Crippen LogP contribution in [-0.4, -0.2) is 28.9 Å². The third-order valence-electron chi connectivity index (χ3n) is 4.21. The first kappa shape index (κ1) is 17.0. The Morgan fingerprint density at radius 3 is 2.09 bits per heavy atom. The minimum Gasteiger partial charge on any atom is -0.481 e. The molecule has 6 nitrogen and oxygen atoms in total. The zero-order chi connectivity index (χ0) is 17.4. The molecule has 1 aromatic rings. The number of carboxylic acid groups (broad SMARTS) is 1. The fraction of sp³-hybridized carbons (Fsp3) is 0.471. The molecule has 0 unspecified atom stereocenters. The molecule has 0 heterocycles. The summed E-state index contributed by atoms with van der Waals surface area (Å²) in [5.41, 5.74) is 0.516. The molecule has 0 bridgehead atoms. The number of carboxylic acids is 1. The number of hydrogen-bond acceptors (Lipinski definition) is 3. The van der Waals surface area contributed by atoms with E-state index in [4.69, 9.17) is 5.11 Å². The SMILES string of the molecule is CC(C)NC(=O)c1ccc(NC(=O)[C@@H]2[C@H](C(=O)O)C2(C)C)cc1. The van der Waals surface area contributed by atoms with E-state index in [-0.39, 0.29) is 17.9 Å². The van der Waals surface area contributed by atoms with Gasteiger partial charge in [-0.15, -0.1) is 0 Å². The third-order valence-corrected chi connectivity index (χ3v) is 4.21. The van der Waals surface area contributed by atoms with Gasteiger partial charge in [0.25, 0.3) is 5.91 Å². The predicted molar refractivity (Wildman–Crippen MR) is 86.1 cm³/mol. The van der Waals surface area contributed by atoms with Crippen molar-refractivity contribution < 1.29 is 19.5 Å². The van der Waals surface area contributed by atoms with Crippen molar-refractivity contribution in [1.82, 2.24) is 5.32 Å². The average molecular weight is 318 g/mol. The van der Waals surface area contributed by atoms with Crippen LogP contribution >= 0.6 is 0 Å². The van der Waals surface area contributed by atoms with Crippen LogP contribution in [0.15, 0.2) is 24.3 Å². The van der Waals surface area contributed by atoms with Crippen LogP contribution in [-0.2, 0) is 9.59 Å². The Morgan fingerprint density at radius 2 is 1.65 bits per heavy atom. The van der Waals surface area contributed by atoms with Gasteiger partial charge in [-0.3, -0.25) is 14.4 Å². The van der Waals surface area contributed by atoms with E-state index >= 15 is 0 Å². The minimum absolute atomic E-state index is 0.0481. The average Bonchev–Trinajstić information content (AvgIpc) is 3.02. The Labute approximate surface area is 135 Å². The Kier molecular flexibility index (Phi) is 4.45. The second kappa shape index (κ2) is 6.02. The number of aliphatic carboxylic acids is 1. The van der Waals surface area contributed by atoms with Crippen molar-refractivity contribution in [3.05, 3.63) is 29.8 Å². The molecular weight excluding hydrogens is 296 g/mol. The highest BCUT2D eigenvalue weighted by Gasteiger charge is 2.65. The molecule has 1 aromatic carbocycles. The number of nitrogens with one attached hydrogen (secondary N) is 2. The maximum absolute atomic E-state index is 12.2. The van der Waals surface area contributed by atoms with Gasteiger partial charge in [-0.05, 0) is 43.5 Å². The van der Waals surface area contributed by atoms with Gasteiger partial charge < -0.3 is 15.7 Å². The number of amides is 2. The van der Waals surface area contributed by atoms with Crippen molar-refractivity contribution >= 4 is 23.5 Å². The van der Waals surface area contributed by atoms with Crippen LogP contribution in [0, 0.1) is 17.3 Å². The lowest BCUT2D eigenvalue weighted by Gasteiger charge is -2.09. The summed E-state index contributed by atoms with van der Waals surface area (Å²) in [6.45, 7) is 7.30. The maximum Gasteiger partial charge on any atom is 0.307 e. The lowest BCUT2D eigenvalue weighted by atomic mass is 10.1. The first-order chi connectivity index (χ1) is 10.6. The number of anilines is 1. The van der Waals surface area contributed by atoms with Crippen molar-refractivity contribution in [1.29, 1.82) is 0 Å². The van der Waals surface area contributed by atoms with E-state index in [0.717, 1.165) is 0 Å². The highest BCUT2D eigenvalue weighted by atomic mass is 16.4. The maximum atomic E-state index is 12.2. The van der Waals surface area contributed by atoms with Crippen LogP contribution in [0.3, 0.4) is 0 Å². The molecule has 23 heavy (non-hydrogen) atoms. The molecule has 2 amide bonds. The molecule has 0 aliphatic heterocycles. The number of hydrogen-bond donors (Lipinski definition) is 3. The summed E-state index contributed by atoms with van der Waals surface area (Å²) in [4.78, 5) is 35.2. The molecule has 0 spiro atoms. The first-order valence-electron chi connectivity index (χ1n) is 7.59. The van der Waals surface area contributed by atoms with Gasteiger partial charge in [-0.25, -0.2) is 0 Å². The molecule has 0 saturated heterocycles. The van der Waals surface area contributed by atoms with E-state index in [1.807, 2.05) is 13.8 Å². The number of carbonyl (C=O) groups is 3. The summed E-state index contributed by atoms with van der Waals surface area (Å²) in [6.07, 6.45) is 0. The topological polar surface area (TPSA) is 95.5 Å². The van der Waals surface area contributed by atoms with E-state index in [9.17, 15) is 14.4 Å². The molecule has 6 heteroatoms. The van der Waals surface area contributed by atoms with Crippen molar-refractivity contribution in [2.75, 3.05) is 5.32 Å². The summed E-state index contributed by atoms with van der Waals surface area (Å²) in [5, 5.41) is 14.6. The molecule has 0 aromatic heterocycles. The monoisotopic (exact) mass is 318 g/mol. The van der Waals surface area contributed by atoms with Gasteiger partial charge in [0.15, 0.2) is 0 Å². The highest BCUT2D eigenvalue weighted by molar-refractivity contribution is 6.00. The van der Waals surface area contributed by atoms with Crippen LogP contribution in [0.1, 0.15) is 38.1 Å². The van der Waals surface area contributed by atoms with E-state index in [1.54, 1.807) is 38.1 Å². The Balaban J connectivity index is 2.01. The summed E-state index contributed by atoms with van der Waals surface area (Å²) >= 11 is 0. The van der Waals surface area contributed by atoms with E-state index in [1.165, 1.54) is 0 Å². The Morgan fingerprint density at radius 1 is 1.09 bits per heavy atom. The Hall–Kier alpha value is -2.37. The first-order valence-corrected chi connectivity index (χ1v) is 7.59. The minimum atomic E-state index is -0.948. The van der Waals surface area contributed by atoms with Gasteiger partial charge in [0.1, 0.15) is 0 Å². The second-order valence-corrected chi connectivity index (χ2v) is 6.81.